The van der Waals surface area contributed by atoms with Crippen molar-refractivity contribution >= 4 is 5.91 Å². The van der Waals surface area contributed by atoms with E-state index < -0.39 is 0 Å². The zero-order valence-electron chi connectivity index (χ0n) is 21.5. The van der Waals surface area contributed by atoms with Gasteiger partial charge in [-0.05, 0) is 116 Å². The molecule has 0 unspecified atom stereocenters. The van der Waals surface area contributed by atoms with Crippen LogP contribution in [0, 0.1) is 46.3 Å². The van der Waals surface area contributed by atoms with Crippen molar-refractivity contribution in [2.45, 2.75) is 96.9 Å². The molecular formula is C27H44N4O4. The first-order valence-corrected chi connectivity index (χ1v) is 13.6. The third-order valence-electron chi connectivity index (χ3n) is 11.0. The first-order valence-electron chi connectivity index (χ1n) is 13.6. The van der Waals surface area contributed by atoms with Crippen molar-refractivity contribution in [2.75, 3.05) is 6.67 Å². The lowest BCUT2D eigenvalue weighted by atomic mass is 9.43. The third kappa shape index (κ3) is 4.75. The molecule has 4 aliphatic carbocycles. The van der Waals surface area contributed by atoms with Gasteiger partial charge in [0.15, 0.2) is 0 Å². The van der Waals surface area contributed by atoms with Gasteiger partial charge < -0.3 is 20.6 Å². The minimum absolute atomic E-state index is 0.0514. The highest BCUT2D eigenvalue weighted by Crippen LogP contribution is 2.68. The molecule has 0 aromatic carbocycles. The van der Waals surface area contributed by atoms with E-state index >= 15 is 0 Å². The second-order valence-electron chi connectivity index (χ2n) is 12.4. The molecule has 0 bridgehead atoms. The summed E-state index contributed by atoms with van der Waals surface area (Å²) in [6.45, 7) is 6.86. The Labute approximate surface area is 209 Å². The zero-order chi connectivity index (χ0) is 25.4. The maximum Gasteiger partial charge on any atom is 0.243 e. The lowest BCUT2D eigenvalue weighted by Crippen LogP contribution is -2.62. The standard InChI is InChI=1S/C27H44N4O4/c1-16(6-4-5-7-24(35)29-15-30-31-28)19-8-9-20-25-21(14-23(34)27(19,20)3)26(2)11-10-18(32)12-17(26)13-22(25)33/h5,7,16-23,25,32-34H,4,6,8-15H2,1-3H3,(H,29,35)/b7-5+/t16-,17+,18-,19-,20+,21+,22-,23+,25+,26+,27-/m1/s1. The van der Waals surface area contributed by atoms with E-state index in [1.165, 1.54) is 6.08 Å². The average molecular weight is 489 g/mol. The van der Waals surface area contributed by atoms with Crippen molar-refractivity contribution in [1.82, 2.24) is 5.32 Å². The molecular weight excluding hydrogens is 444 g/mol. The minimum atomic E-state index is -0.375. The van der Waals surface area contributed by atoms with Crippen LogP contribution in [-0.2, 0) is 4.79 Å². The van der Waals surface area contributed by atoms with E-state index in [9.17, 15) is 20.1 Å². The normalized spacial score (nSPS) is 45.7. The first kappa shape index (κ1) is 26.5. The molecule has 35 heavy (non-hydrogen) atoms. The molecule has 4 saturated carbocycles. The number of aliphatic hydroxyl groups excluding tert-OH is 3. The van der Waals surface area contributed by atoms with Crippen molar-refractivity contribution in [2.24, 2.45) is 51.5 Å². The van der Waals surface area contributed by atoms with Crippen molar-refractivity contribution in [1.29, 1.82) is 0 Å². The van der Waals surface area contributed by atoms with Crippen LogP contribution in [0.4, 0.5) is 0 Å². The number of fused-ring (bicyclic) bond motifs is 5. The minimum Gasteiger partial charge on any atom is -0.393 e. The Morgan fingerprint density at radius 3 is 2.69 bits per heavy atom. The summed E-state index contributed by atoms with van der Waals surface area (Å²) < 4.78 is 0. The van der Waals surface area contributed by atoms with E-state index in [1.54, 1.807) is 0 Å². The predicted molar refractivity (Wildman–Crippen MR) is 134 cm³/mol. The monoisotopic (exact) mass is 488 g/mol. The summed E-state index contributed by atoms with van der Waals surface area (Å²) >= 11 is 0. The second-order valence-corrected chi connectivity index (χ2v) is 12.4. The number of aliphatic hydroxyl groups is 3. The Bertz CT molecular complexity index is 860. The van der Waals surface area contributed by atoms with E-state index in [0.29, 0.717) is 29.6 Å². The van der Waals surface area contributed by atoms with E-state index in [0.717, 1.165) is 57.8 Å². The van der Waals surface area contributed by atoms with Gasteiger partial charge in [-0.1, -0.05) is 32.0 Å². The summed E-state index contributed by atoms with van der Waals surface area (Å²) in [7, 11) is 0. The number of rotatable bonds is 7. The number of azide groups is 1. The molecule has 0 spiro atoms. The van der Waals surface area contributed by atoms with Crippen LogP contribution in [0.25, 0.3) is 10.4 Å². The van der Waals surface area contributed by atoms with Crippen molar-refractivity contribution in [3.63, 3.8) is 0 Å². The number of hydrogen-bond acceptors (Lipinski definition) is 5. The molecule has 4 fully saturated rings. The van der Waals surface area contributed by atoms with Crippen LogP contribution in [-0.4, -0.2) is 46.2 Å². The van der Waals surface area contributed by atoms with Gasteiger partial charge in [-0.25, -0.2) is 0 Å². The molecule has 4 rings (SSSR count). The quantitative estimate of drug-likeness (QED) is 0.184. The number of carbonyl (C=O) groups excluding carboxylic acids is 1. The van der Waals surface area contributed by atoms with E-state index in [-0.39, 0.29) is 47.6 Å². The number of nitrogens with one attached hydrogen (secondary N) is 1. The molecule has 8 heteroatoms. The summed E-state index contributed by atoms with van der Waals surface area (Å²) in [5, 5.41) is 39.1. The van der Waals surface area contributed by atoms with Crippen molar-refractivity contribution in [3.8, 4) is 0 Å². The van der Waals surface area contributed by atoms with E-state index in [2.05, 4.69) is 36.1 Å². The van der Waals surface area contributed by atoms with Crippen LogP contribution in [0.3, 0.4) is 0 Å². The smallest absolute Gasteiger partial charge is 0.243 e. The van der Waals surface area contributed by atoms with Gasteiger partial charge in [-0.3, -0.25) is 4.79 Å². The molecule has 196 valence electrons. The first-order chi connectivity index (χ1) is 16.6. The highest BCUT2D eigenvalue weighted by Gasteiger charge is 2.65. The molecule has 0 radical (unpaired) electrons. The molecule has 11 atom stereocenters. The SMILES string of the molecule is C[C@H](CC/C=C/C(=O)NCN=[N+]=[N-])[C@H]1CC[C@H]2[C@@H]3[C@H](O)C[C@@H]4C[C@H](O)CC[C@]4(C)[C@H]3C[C@H](O)[C@]12C. The molecule has 0 aromatic rings. The molecule has 0 aromatic heterocycles. The Balaban J connectivity index is 1.43. The Morgan fingerprint density at radius 1 is 1.17 bits per heavy atom. The summed E-state index contributed by atoms with van der Waals surface area (Å²) in [5.74, 6) is 1.74. The van der Waals surface area contributed by atoms with Crippen LogP contribution >= 0.6 is 0 Å². The van der Waals surface area contributed by atoms with Gasteiger partial charge in [0.05, 0.1) is 25.0 Å². The fourth-order valence-corrected chi connectivity index (χ4v) is 9.09. The maximum atomic E-state index is 11.8. The van der Waals surface area contributed by atoms with Gasteiger partial charge in [0.1, 0.15) is 0 Å². The van der Waals surface area contributed by atoms with Gasteiger partial charge in [0, 0.05) is 4.91 Å². The van der Waals surface area contributed by atoms with Crippen LogP contribution < -0.4 is 5.32 Å². The fraction of sp³-hybridized carbons (Fsp3) is 0.889. The molecule has 4 N–H and O–H groups in total. The number of allylic oxidation sites excluding steroid dienone is 1. The summed E-state index contributed by atoms with van der Waals surface area (Å²) in [6.07, 6.45) is 10.4. The van der Waals surface area contributed by atoms with Gasteiger partial charge >= 0.3 is 0 Å². The maximum absolute atomic E-state index is 11.8. The van der Waals surface area contributed by atoms with Crippen molar-refractivity contribution in [3.05, 3.63) is 22.6 Å². The lowest BCUT2D eigenvalue weighted by Gasteiger charge is -2.63. The number of hydrogen-bond donors (Lipinski definition) is 4. The largest absolute Gasteiger partial charge is 0.393 e. The number of carbonyl (C=O) groups is 1. The summed E-state index contributed by atoms with van der Waals surface area (Å²) in [6, 6.07) is 0. The van der Waals surface area contributed by atoms with E-state index in [4.69, 9.17) is 5.53 Å². The Hall–Kier alpha value is -1.60. The summed E-state index contributed by atoms with van der Waals surface area (Å²) in [5.41, 5.74) is 8.18. The van der Waals surface area contributed by atoms with Gasteiger partial charge in [0.25, 0.3) is 0 Å². The number of nitrogens with zero attached hydrogens (tertiary/aromatic N) is 3. The highest BCUT2D eigenvalue weighted by atomic mass is 16.3. The average Bonchev–Trinajstić information content (AvgIpc) is 3.17. The molecule has 4 aliphatic rings. The van der Waals surface area contributed by atoms with Crippen LogP contribution in [0.5, 0.6) is 0 Å². The molecule has 0 aliphatic heterocycles. The second kappa shape index (κ2) is 10.4. The molecule has 1 amide bonds. The van der Waals surface area contributed by atoms with Crippen molar-refractivity contribution < 1.29 is 20.1 Å². The van der Waals surface area contributed by atoms with Crippen LogP contribution in [0.1, 0.15) is 78.6 Å². The van der Waals surface area contributed by atoms with E-state index in [1.807, 2.05) is 6.08 Å². The number of amides is 1. The zero-order valence-corrected chi connectivity index (χ0v) is 21.5. The van der Waals surface area contributed by atoms with Crippen LogP contribution in [0.2, 0.25) is 0 Å². The molecule has 0 heterocycles. The Morgan fingerprint density at radius 2 is 1.94 bits per heavy atom. The Kier molecular flexibility index (Phi) is 7.87. The lowest BCUT2D eigenvalue weighted by molar-refractivity contribution is -0.207. The fourth-order valence-electron chi connectivity index (χ4n) is 9.09. The van der Waals surface area contributed by atoms with Gasteiger partial charge in [-0.2, -0.15) is 0 Å². The molecule has 0 saturated heterocycles. The summed E-state index contributed by atoms with van der Waals surface area (Å²) in [4.78, 5) is 14.4. The van der Waals surface area contributed by atoms with Gasteiger partial charge in [0.2, 0.25) is 5.91 Å². The van der Waals surface area contributed by atoms with Gasteiger partial charge in [-0.15, -0.1) is 0 Å². The highest BCUT2D eigenvalue weighted by molar-refractivity contribution is 5.87. The third-order valence-corrected chi connectivity index (χ3v) is 11.0. The van der Waals surface area contributed by atoms with Crippen LogP contribution in [0.15, 0.2) is 17.3 Å². The molecule has 8 nitrogen and oxygen atoms in total. The predicted octanol–water partition coefficient (Wildman–Crippen LogP) is 4.30. The topological polar surface area (TPSA) is 139 Å².